The van der Waals surface area contributed by atoms with Gasteiger partial charge >= 0.3 is 0 Å². The zero-order valence-corrected chi connectivity index (χ0v) is 19.3. The van der Waals surface area contributed by atoms with E-state index in [1.54, 1.807) is 24.4 Å². The Morgan fingerprint density at radius 2 is 2.00 bits per heavy atom. The SMILES string of the molecule is COc1cc2nccc(Oc3ccc4c(CC(=S)CC5CC5)nn(C)c4c3)c2cc1C(N)=O. The van der Waals surface area contributed by atoms with E-state index in [9.17, 15) is 4.79 Å². The first-order valence-electron chi connectivity index (χ1n) is 10.8. The number of methoxy groups -OCH3 is 1. The van der Waals surface area contributed by atoms with Crippen LogP contribution in [-0.4, -0.2) is 32.6 Å². The highest BCUT2D eigenvalue weighted by molar-refractivity contribution is 7.80. The first-order chi connectivity index (χ1) is 15.9. The van der Waals surface area contributed by atoms with E-state index in [4.69, 9.17) is 32.5 Å². The van der Waals surface area contributed by atoms with Gasteiger partial charge < -0.3 is 15.2 Å². The number of aromatic nitrogens is 3. The van der Waals surface area contributed by atoms with Crippen molar-refractivity contribution in [3.05, 3.63) is 53.9 Å². The molecule has 0 unspecified atom stereocenters. The Hall–Kier alpha value is -3.52. The molecular weight excluding hydrogens is 436 g/mol. The number of rotatable bonds is 8. The minimum atomic E-state index is -0.577. The van der Waals surface area contributed by atoms with Crippen LogP contribution >= 0.6 is 12.2 Å². The number of aryl methyl sites for hydroxylation is 1. The van der Waals surface area contributed by atoms with Crippen molar-refractivity contribution in [1.29, 1.82) is 0 Å². The van der Waals surface area contributed by atoms with Crippen molar-refractivity contribution in [2.75, 3.05) is 7.11 Å². The number of fused-ring (bicyclic) bond motifs is 2. The van der Waals surface area contributed by atoms with Crippen LogP contribution in [0.15, 0.2) is 42.6 Å². The molecule has 33 heavy (non-hydrogen) atoms. The second-order valence-electron chi connectivity index (χ2n) is 8.46. The quantitative estimate of drug-likeness (QED) is 0.382. The maximum atomic E-state index is 11.9. The van der Waals surface area contributed by atoms with Crippen molar-refractivity contribution in [3.63, 3.8) is 0 Å². The number of pyridine rings is 1. The van der Waals surface area contributed by atoms with Crippen LogP contribution in [0.1, 0.15) is 35.3 Å². The molecule has 2 aromatic heterocycles. The molecule has 8 heteroatoms. The number of nitrogens with zero attached hydrogens (tertiary/aromatic N) is 3. The maximum Gasteiger partial charge on any atom is 0.252 e. The van der Waals surface area contributed by atoms with Gasteiger partial charge in [-0.05, 0) is 54.3 Å². The molecule has 0 spiro atoms. The van der Waals surface area contributed by atoms with Crippen molar-refractivity contribution in [3.8, 4) is 17.2 Å². The van der Waals surface area contributed by atoms with E-state index in [-0.39, 0.29) is 5.56 Å². The van der Waals surface area contributed by atoms with Gasteiger partial charge in [-0.1, -0.05) is 12.2 Å². The van der Waals surface area contributed by atoms with Crippen LogP contribution in [-0.2, 0) is 13.5 Å². The standard InChI is InChI=1S/C25H24N4O3S/c1-29-22-10-15(5-6-17(22)21(28-29)11-16(33)9-14-3-4-14)32-23-7-8-27-20-13-24(31-2)19(25(26)30)12-18(20)23/h5-8,10,12-14H,3-4,9,11H2,1-2H3,(H2,26,30). The lowest BCUT2D eigenvalue weighted by atomic mass is 10.1. The molecule has 7 nitrogen and oxygen atoms in total. The Kier molecular flexibility index (Phi) is 5.46. The van der Waals surface area contributed by atoms with Crippen molar-refractivity contribution in [2.45, 2.75) is 25.7 Å². The first kappa shape index (κ1) is 21.3. The van der Waals surface area contributed by atoms with Crippen LogP contribution in [0.5, 0.6) is 17.2 Å². The predicted octanol–water partition coefficient (Wildman–Crippen LogP) is 4.73. The Labute approximate surface area is 196 Å². The number of hydrogen-bond acceptors (Lipinski definition) is 6. The number of hydrogen-bond donors (Lipinski definition) is 1. The number of carbonyl (C=O) groups excluding carboxylic acids is 1. The third-order valence-electron chi connectivity index (χ3n) is 5.99. The molecular formula is C25H24N4O3S. The fourth-order valence-electron chi connectivity index (χ4n) is 4.13. The average molecular weight is 461 g/mol. The van der Waals surface area contributed by atoms with E-state index in [0.717, 1.165) is 40.2 Å². The number of benzene rings is 2. The zero-order valence-electron chi connectivity index (χ0n) is 18.5. The second kappa shape index (κ2) is 8.44. The summed E-state index contributed by atoms with van der Waals surface area (Å²) in [7, 11) is 3.41. The number of nitrogens with two attached hydrogens (primary N) is 1. The molecule has 0 bridgehead atoms. The number of carbonyl (C=O) groups is 1. The van der Waals surface area contributed by atoms with Crippen LogP contribution in [0.4, 0.5) is 0 Å². The molecule has 0 aliphatic heterocycles. The number of amides is 1. The molecule has 1 aliphatic rings. The topological polar surface area (TPSA) is 92.3 Å². The van der Waals surface area contributed by atoms with Crippen LogP contribution < -0.4 is 15.2 Å². The molecule has 0 saturated heterocycles. The molecule has 4 aromatic rings. The molecule has 2 aromatic carbocycles. The summed E-state index contributed by atoms with van der Waals surface area (Å²) in [6.45, 7) is 0. The summed E-state index contributed by atoms with van der Waals surface area (Å²) in [5.74, 6) is 1.80. The smallest absolute Gasteiger partial charge is 0.252 e. The third-order valence-corrected chi connectivity index (χ3v) is 6.30. The Balaban J connectivity index is 1.47. The molecule has 5 rings (SSSR count). The minimum Gasteiger partial charge on any atom is -0.496 e. The summed E-state index contributed by atoms with van der Waals surface area (Å²) < 4.78 is 13.4. The van der Waals surface area contributed by atoms with Gasteiger partial charge in [0.25, 0.3) is 5.91 Å². The van der Waals surface area contributed by atoms with Gasteiger partial charge in [0, 0.05) is 42.6 Å². The lowest BCUT2D eigenvalue weighted by molar-refractivity contribution is 0.0997. The van der Waals surface area contributed by atoms with E-state index < -0.39 is 5.91 Å². The molecule has 0 atom stereocenters. The highest BCUT2D eigenvalue weighted by Gasteiger charge is 2.23. The Morgan fingerprint density at radius 3 is 2.73 bits per heavy atom. The minimum absolute atomic E-state index is 0.275. The van der Waals surface area contributed by atoms with Gasteiger partial charge in [0.2, 0.25) is 0 Å². The van der Waals surface area contributed by atoms with E-state index in [0.29, 0.717) is 28.2 Å². The summed E-state index contributed by atoms with van der Waals surface area (Å²) >= 11 is 5.61. The van der Waals surface area contributed by atoms with E-state index >= 15 is 0 Å². The molecule has 0 radical (unpaired) electrons. The monoisotopic (exact) mass is 460 g/mol. The lowest BCUT2D eigenvalue weighted by Gasteiger charge is -2.12. The van der Waals surface area contributed by atoms with Crippen molar-refractivity contribution in [1.82, 2.24) is 14.8 Å². The van der Waals surface area contributed by atoms with Gasteiger partial charge in [0.15, 0.2) is 0 Å². The van der Waals surface area contributed by atoms with Gasteiger partial charge in [0.1, 0.15) is 17.2 Å². The van der Waals surface area contributed by atoms with Crippen molar-refractivity contribution < 1.29 is 14.3 Å². The highest BCUT2D eigenvalue weighted by Crippen LogP contribution is 2.35. The van der Waals surface area contributed by atoms with E-state index in [1.807, 2.05) is 29.9 Å². The van der Waals surface area contributed by atoms with Crippen LogP contribution in [0.3, 0.4) is 0 Å². The molecule has 1 saturated carbocycles. The first-order valence-corrected chi connectivity index (χ1v) is 11.3. The van der Waals surface area contributed by atoms with Crippen LogP contribution in [0, 0.1) is 5.92 Å². The molecule has 2 N–H and O–H groups in total. The van der Waals surface area contributed by atoms with Crippen molar-refractivity contribution >= 4 is 44.8 Å². The fourth-order valence-corrected chi connectivity index (χ4v) is 4.51. The van der Waals surface area contributed by atoms with Crippen molar-refractivity contribution in [2.24, 2.45) is 18.7 Å². The second-order valence-corrected chi connectivity index (χ2v) is 9.03. The summed E-state index contributed by atoms with van der Waals surface area (Å²) in [6.07, 6.45) is 5.98. The normalized spacial score (nSPS) is 13.4. The molecule has 1 amide bonds. The average Bonchev–Trinajstić information content (AvgIpc) is 3.56. The van der Waals surface area contributed by atoms with Gasteiger partial charge in [-0.2, -0.15) is 5.10 Å². The molecule has 1 aliphatic carbocycles. The van der Waals surface area contributed by atoms with Crippen LogP contribution in [0.2, 0.25) is 0 Å². The largest absolute Gasteiger partial charge is 0.496 e. The molecule has 2 heterocycles. The Morgan fingerprint density at radius 1 is 1.18 bits per heavy atom. The highest BCUT2D eigenvalue weighted by atomic mass is 32.1. The molecule has 1 fully saturated rings. The van der Waals surface area contributed by atoms with Gasteiger partial charge in [0.05, 0.1) is 29.4 Å². The summed E-state index contributed by atoms with van der Waals surface area (Å²) in [5, 5.41) is 6.45. The number of ether oxygens (including phenoxy) is 2. The number of thiocarbonyl (C=S) groups is 1. The predicted molar refractivity (Wildman–Crippen MR) is 131 cm³/mol. The van der Waals surface area contributed by atoms with Gasteiger partial charge in [-0.15, -0.1) is 0 Å². The fraction of sp³-hybridized carbons (Fsp3) is 0.280. The lowest BCUT2D eigenvalue weighted by Crippen LogP contribution is -2.12. The summed E-state index contributed by atoms with van der Waals surface area (Å²) in [5.41, 5.74) is 8.41. The Bertz CT molecular complexity index is 1410. The summed E-state index contributed by atoms with van der Waals surface area (Å²) in [4.78, 5) is 17.3. The van der Waals surface area contributed by atoms with Gasteiger partial charge in [-0.3, -0.25) is 14.5 Å². The summed E-state index contributed by atoms with van der Waals surface area (Å²) in [6, 6.07) is 11.0. The maximum absolute atomic E-state index is 11.9. The number of primary amides is 1. The third kappa shape index (κ3) is 4.26. The zero-order chi connectivity index (χ0) is 23.1. The van der Waals surface area contributed by atoms with E-state index in [1.165, 1.54) is 20.0 Å². The van der Waals surface area contributed by atoms with E-state index in [2.05, 4.69) is 4.98 Å². The van der Waals surface area contributed by atoms with Gasteiger partial charge in [-0.25, -0.2) is 0 Å². The van der Waals surface area contributed by atoms with Crippen LogP contribution in [0.25, 0.3) is 21.8 Å². The molecule has 168 valence electrons.